The van der Waals surface area contributed by atoms with Crippen LogP contribution in [0.2, 0.25) is 5.02 Å². The summed E-state index contributed by atoms with van der Waals surface area (Å²) in [5, 5.41) is 12.4. The van der Waals surface area contributed by atoms with Crippen molar-refractivity contribution >= 4 is 40.9 Å². The number of allylic oxidation sites excluding steroid dienone is 1. The zero-order chi connectivity index (χ0) is 25.2. The molecule has 8 heteroatoms. The molecule has 2 heterocycles. The number of rotatable bonds is 6. The Morgan fingerprint density at radius 2 is 1.86 bits per heavy atom. The fraction of sp³-hybridized carbons (Fsp3) is 0.179. The van der Waals surface area contributed by atoms with E-state index in [0.29, 0.717) is 21.7 Å². The molecule has 0 radical (unpaired) electrons. The number of amides is 1. The van der Waals surface area contributed by atoms with Crippen LogP contribution in [0.4, 0.5) is 11.6 Å². The highest BCUT2D eigenvalue weighted by molar-refractivity contribution is 7.98. The number of nitrogens with zero attached hydrogens (tertiary/aromatic N) is 3. The maximum Gasteiger partial charge on any atom is 0.255 e. The van der Waals surface area contributed by atoms with Gasteiger partial charge in [0.15, 0.2) is 0 Å². The summed E-state index contributed by atoms with van der Waals surface area (Å²) in [5.41, 5.74) is 6.59. The van der Waals surface area contributed by atoms with E-state index in [1.54, 1.807) is 16.4 Å². The Kier molecular flexibility index (Phi) is 6.85. The Balaban J connectivity index is 1.49. The van der Waals surface area contributed by atoms with Crippen LogP contribution in [0.3, 0.4) is 0 Å². The Labute approximate surface area is 219 Å². The van der Waals surface area contributed by atoms with Gasteiger partial charge in [-0.15, -0.1) is 5.10 Å². The number of hydrogen-bond acceptors (Lipinski definition) is 5. The summed E-state index contributed by atoms with van der Waals surface area (Å²) in [5.74, 6) is 1.14. The topological polar surface area (TPSA) is 71.8 Å². The third kappa shape index (κ3) is 5.03. The Morgan fingerprint density at radius 1 is 1.06 bits per heavy atom. The first-order chi connectivity index (χ1) is 17.4. The van der Waals surface area contributed by atoms with Crippen molar-refractivity contribution in [2.24, 2.45) is 0 Å². The quantitative estimate of drug-likeness (QED) is 0.277. The molecule has 1 aromatic heterocycles. The summed E-state index contributed by atoms with van der Waals surface area (Å²) in [6.07, 6.45) is 0. The molecular formula is C28H26ClN5OS. The average Bonchev–Trinajstić information content (AvgIpc) is 3.26. The number of benzene rings is 3. The molecule has 4 aromatic rings. The third-order valence-electron chi connectivity index (χ3n) is 6.14. The maximum atomic E-state index is 13.5. The largest absolute Gasteiger partial charge is 0.328 e. The molecule has 36 heavy (non-hydrogen) atoms. The van der Waals surface area contributed by atoms with Gasteiger partial charge in [-0.1, -0.05) is 77.5 Å². The molecule has 0 fully saturated rings. The highest BCUT2D eigenvalue weighted by Gasteiger charge is 2.34. The summed E-state index contributed by atoms with van der Waals surface area (Å²) in [6.45, 7) is 6.10. The lowest BCUT2D eigenvalue weighted by Gasteiger charge is -2.28. The van der Waals surface area contributed by atoms with Gasteiger partial charge in [0.2, 0.25) is 11.1 Å². The number of nitrogens with one attached hydrogen (secondary N) is 2. The van der Waals surface area contributed by atoms with Crippen molar-refractivity contribution in [3.8, 4) is 0 Å². The van der Waals surface area contributed by atoms with E-state index in [4.69, 9.17) is 21.7 Å². The molecule has 1 unspecified atom stereocenters. The monoisotopic (exact) mass is 515 g/mol. The number of halogens is 1. The minimum Gasteiger partial charge on any atom is -0.328 e. The predicted octanol–water partition coefficient (Wildman–Crippen LogP) is 6.77. The highest BCUT2D eigenvalue weighted by atomic mass is 35.5. The fourth-order valence-corrected chi connectivity index (χ4v) is 5.38. The summed E-state index contributed by atoms with van der Waals surface area (Å²) in [6, 6.07) is 22.9. The molecule has 3 aromatic carbocycles. The van der Waals surface area contributed by atoms with E-state index < -0.39 is 6.04 Å². The first kappa shape index (κ1) is 24.2. The van der Waals surface area contributed by atoms with Crippen molar-refractivity contribution < 1.29 is 4.79 Å². The number of hydrogen-bond donors (Lipinski definition) is 2. The second-order valence-corrected chi connectivity index (χ2v) is 10.2. The van der Waals surface area contributed by atoms with Crippen LogP contribution in [0.15, 0.2) is 89.2 Å². The smallest absolute Gasteiger partial charge is 0.255 e. The molecule has 0 aliphatic carbocycles. The Bertz CT molecular complexity index is 1460. The van der Waals surface area contributed by atoms with Crippen LogP contribution < -0.4 is 10.6 Å². The summed E-state index contributed by atoms with van der Waals surface area (Å²) in [7, 11) is 0. The Morgan fingerprint density at radius 3 is 2.64 bits per heavy atom. The molecule has 0 saturated heterocycles. The number of thioether (sulfide) groups is 1. The molecule has 1 atom stereocenters. The fourth-order valence-electron chi connectivity index (χ4n) is 4.29. The minimum absolute atomic E-state index is 0.207. The molecule has 1 amide bonds. The maximum absolute atomic E-state index is 13.5. The summed E-state index contributed by atoms with van der Waals surface area (Å²) >= 11 is 7.93. The van der Waals surface area contributed by atoms with Crippen molar-refractivity contribution in [2.75, 3.05) is 10.6 Å². The van der Waals surface area contributed by atoms with Crippen molar-refractivity contribution in [3.05, 3.63) is 111 Å². The average molecular weight is 516 g/mol. The number of aromatic nitrogens is 3. The molecule has 0 bridgehead atoms. The van der Waals surface area contributed by atoms with E-state index >= 15 is 0 Å². The lowest BCUT2D eigenvalue weighted by Crippen LogP contribution is -2.31. The lowest BCUT2D eigenvalue weighted by atomic mass is 9.95. The van der Waals surface area contributed by atoms with Gasteiger partial charge in [-0.3, -0.25) is 4.79 Å². The molecule has 0 spiro atoms. The van der Waals surface area contributed by atoms with Gasteiger partial charge in [-0.25, -0.2) is 4.68 Å². The second-order valence-electron chi connectivity index (χ2n) is 8.82. The van der Waals surface area contributed by atoms with E-state index in [0.717, 1.165) is 22.7 Å². The molecule has 6 nitrogen and oxygen atoms in total. The summed E-state index contributed by atoms with van der Waals surface area (Å²) < 4.78 is 1.78. The van der Waals surface area contributed by atoms with Crippen LogP contribution in [-0.2, 0) is 10.5 Å². The molecule has 1 aliphatic heterocycles. The van der Waals surface area contributed by atoms with Crippen molar-refractivity contribution in [2.45, 2.75) is 37.7 Å². The van der Waals surface area contributed by atoms with Crippen LogP contribution in [0, 0.1) is 13.8 Å². The number of aryl methyl sites for hydroxylation is 2. The number of fused-ring (bicyclic) bond motifs is 1. The predicted molar refractivity (Wildman–Crippen MR) is 146 cm³/mol. The van der Waals surface area contributed by atoms with Crippen LogP contribution >= 0.6 is 23.4 Å². The lowest BCUT2D eigenvalue weighted by molar-refractivity contribution is -0.113. The van der Waals surface area contributed by atoms with Gasteiger partial charge in [0, 0.05) is 22.2 Å². The van der Waals surface area contributed by atoms with Gasteiger partial charge in [0.1, 0.15) is 6.04 Å². The van der Waals surface area contributed by atoms with Gasteiger partial charge in [0.25, 0.3) is 5.91 Å². The van der Waals surface area contributed by atoms with Gasteiger partial charge in [-0.05, 0) is 61.7 Å². The molecule has 5 rings (SSSR count). The van der Waals surface area contributed by atoms with E-state index in [2.05, 4.69) is 42.7 Å². The zero-order valence-electron chi connectivity index (χ0n) is 20.2. The molecular weight excluding hydrogens is 490 g/mol. The first-order valence-electron chi connectivity index (χ1n) is 11.6. The summed E-state index contributed by atoms with van der Waals surface area (Å²) in [4.78, 5) is 18.3. The van der Waals surface area contributed by atoms with Gasteiger partial charge in [0.05, 0.1) is 5.57 Å². The van der Waals surface area contributed by atoms with E-state index in [-0.39, 0.29) is 5.91 Å². The van der Waals surface area contributed by atoms with Crippen LogP contribution in [0.5, 0.6) is 0 Å². The van der Waals surface area contributed by atoms with Crippen LogP contribution in [0.25, 0.3) is 0 Å². The van der Waals surface area contributed by atoms with Crippen LogP contribution in [0.1, 0.15) is 35.2 Å². The standard InChI is InChI=1S/C28H26ClN5OS/c1-17-12-13-18(2)21(14-17)16-36-28-32-27-30-19(3)24(26(35)31-23-10-5-4-6-11-23)25(34(27)33-28)20-8-7-9-22(29)15-20/h4-15,25H,16H2,1-3H3,(H,31,35)(H,30,32,33). The van der Waals surface area contributed by atoms with E-state index in [1.807, 2.05) is 61.5 Å². The number of carbonyl (C=O) groups excluding carboxylic acids is 1. The van der Waals surface area contributed by atoms with Crippen molar-refractivity contribution in [3.63, 3.8) is 0 Å². The minimum atomic E-state index is -0.480. The first-order valence-corrected chi connectivity index (χ1v) is 13.0. The van der Waals surface area contributed by atoms with Gasteiger partial charge >= 0.3 is 0 Å². The van der Waals surface area contributed by atoms with Gasteiger partial charge in [-0.2, -0.15) is 4.98 Å². The highest BCUT2D eigenvalue weighted by Crippen LogP contribution is 2.37. The molecule has 1 aliphatic rings. The number of anilines is 2. The van der Waals surface area contributed by atoms with E-state index in [9.17, 15) is 4.79 Å². The van der Waals surface area contributed by atoms with Crippen molar-refractivity contribution in [1.29, 1.82) is 0 Å². The zero-order valence-corrected chi connectivity index (χ0v) is 21.8. The molecule has 2 N–H and O–H groups in total. The van der Waals surface area contributed by atoms with Crippen LogP contribution in [-0.4, -0.2) is 20.7 Å². The molecule has 0 saturated carbocycles. The SMILES string of the molecule is CC1=C(C(=O)Nc2ccccc2)C(c2cccc(Cl)c2)n2nc(SCc3cc(C)ccc3C)nc2N1. The normalized spacial score (nSPS) is 14.8. The third-order valence-corrected chi connectivity index (χ3v) is 7.26. The van der Waals surface area contributed by atoms with Crippen molar-refractivity contribution in [1.82, 2.24) is 14.8 Å². The number of para-hydroxylation sites is 1. The molecule has 182 valence electrons. The van der Waals surface area contributed by atoms with E-state index in [1.165, 1.54) is 16.7 Å². The Hall–Kier alpha value is -3.55. The number of carbonyl (C=O) groups is 1. The second kappa shape index (κ2) is 10.2. The van der Waals surface area contributed by atoms with Gasteiger partial charge < -0.3 is 10.6 Å².